The van der Waals surface area contributed by atoms with Gasteiger partial charge in [0, 0.05) is 0 Å². The van der Waals surface area contributed by atoms with Gasteiger partial charge in [-0.25, -0.2) is 0 Å². The summed E-state index contributed by atoms with van der Waals surface area (Å²) in [5.74, 6) is 0.640. The van der Waals surface area contributed by atoms with Gasteiger partial charge in [0.15, 0.2) is 11.6 Å². The molecule has 2 rings (SSSR count). The zero-order valence-corrected chi connectivity index (χ0v) is 12.2. The van der Waals surface area contributed by atoms with Crippen molar-refractivity contribution in [3.63, 3.8) is 0 Å². The molecule has 0 saturated carbocycles. The van der Waals surface area contributed by atoms with E-state index < -0.39 is 5.41 Å². The number of carbonyl (C=O) groups excluding carboxylic acids is 1. The Balaban J connectivity index is 2.30. The molecular formula is C15H20N4O. The maximum absolute atomic E-state index is 12.8. The number of hydrogen-bond acceptors (Lipinski definition) is 4. The van der Waals surface area contributed by atoms with Crippen LogP contribution in [-0.4, -0.2) is 26.0 Å². The van der Waals surface area contributed by atoms with Gasteiger partial charge in [0.05, 0.1) is 18.9 Å². The van der Waals surface area contributed by atoms with Crippen LogP contribution in [0.15, 0.2) is 30.3 Å². The van der Waals surface area contributed by atoms with E-state index in [-0.39, 0.29) is 12.2 Å². The van der Waals surface area contributed by atoms with Gasteiger partial charge in [-0.3, -0.25) is 4.79 Å². The molecule has 0 bridgehead atoms. The second kappa shape index (κ2) is 5.94. The minimum atomic E-state index is -0.458. The van der Waals surface area contributed by atoms with Crippen LogP contribution in [0.5, 0.6) is 0 Å². The van der Waals surface area contributed by atoms with Gasteiger partial charge in [-0.15, -0.1) is 10.2 Å². The van der Waals surface area contributed by atoms with Crippen molar-refractivity contribution in [1.29, 1.82) is 0 Å². The van der Waals surface area contributed by atoms with Crippen molar-refractivity contribution in [1.82, 2.24) is 20.2 Å². The number of aryl methyl sites for hydroxylation is 1. The molecule has 1 heterocycles. The Morgan fingerprint density at radius 1 is 1.20 bits per heavy atom. The van der Waals surface area contributed by atoms with Crippen LogP contribution in [0.25, 0.3) is 0 Å². The average molecular weight is 272 g/mol. The molecule has 0 atom stereocenters. The Kier molecular flexibility index (Phi) is 4.27. The second-order valence-corrected chi connectivity index (χ2v) is 4.95. The molecule has 20 heavy (non-hydrogen) atoms. The standard InChI is InChI=1S/C15H20N4O/c1-4-15(5-2,12-9-7-6-8-10-12)13(20)11-14-16-18-19(3)17-14/h6-10H,4-5,11H2,1-3H3. The molecule has 0 saturated heterocycles. The summed E-state index contributed by atoms with van der Waals surface area (Å²) in [6, 6.07) is 9.96. The molecule has 106 valence electrons. The fourth-order valence-corrected chi connectivity index (χ4v) is 2.68. The summed E-state index contributed by atoms with van der Waals surface area (Å²) in [7, 11) is 1.70. The van der Waals surface area contributed by atoms with Crippen LogP contribution in [-0.2, 0) is 23.7 Å². The summed E-state index contributed by atoms with van der Waals surface area (Å²) in [4.78, 5) is 14.2. The molecule has 0 aliphatic rings. The van der Waals surface area contributed by atoms with Gasteiger partial charge in [-0.05, 0) is 23.6 Å². The number of ketones is 1. The van der Waals surface area contributed by atoms with Gasteiger partial charge < -0.3 is 0 Å². The van der Waals surface area contributed by atoms with E-state index in [1.807, 2.05) is 30.3 Å². The van der Waals surface area contributed by atoms with Crippen LogP contribution in [0.3, 0.4) is 0 Å². The quantitative estimate of drug-likeness (QED) is 0.807. The van der Waals surface area contributed by atoms with Gasteiger partial charge in [0.1, 0.15) is 0 Å². The van der Waals surface area contributed by atoms with Crippen molar-refractivity contribution in [2.24, 2.45) is 7.05 Å². The van der Waals surface area contributed by atoms with E-state index in [1.54, 1.807) is 7.05 Å². The molecule has 0 amide bonds. The summed E-state index contributed by atoms with van der Waals surface area (Å²) < 4.78 is 0. The number of benzene rings is 1. The predicted molar refractivity (Wildman–Crippen MR) is 76.2 cm³/mol. The third-order valence-electron chi connectivity index (χ3n) is 3.94. The number of Topliss-reactive ketones (excluding diaryl/α,β-unsaturated/α-hetero) is 1. The molecule has 0 radical (unpaired) electrons. The Bertz CT molecular complexity index is 573. The van der Waals surface area contributed by atoms with Gasteiger partial charge in [-0.1, -0.05) is 44.2 Å². The number of aromatic nitrogens is 4. The highest BCUT2D eigenvalue weighted by Gasteiger charge is 2.36. The molecule has 0 fully saturated rings. The minimum absolute atomic E-state index is 0.154. The maximum atomic E-state index is 12.8. The first-order chi connectivity index (χ1) is 9.62. The van der Waals surface area contributed by atoms with Gasteiger partial charge >= 0.3 is 0 Å². The first-order valence-corrected chi connectivity index (χ1v) is 6.94. The molecule has 1 aromatic carbocycles. The van der Waals surface area contributed by atoms with Gasteiger partial charge in [-0.2, -0.15) is 4.80 Å². The van der Waals surface area contributed by atoms with E-state index in [4.69, 9.17) is 0 Å². The van der Waals surface area contributed by atoms with Crippen molar-refractivity contribution in [3.05, 3.63) is 41.7 Å². The number of hydrogen-bond donors (Lipinski definition) is 0. The summed E-state index contributed by atoms with van der Waals surface area (Å²) in [5.41, 5.74) is 0.611. The highest BCUT2D eigenvalue weighted by molar-refractivity contribution is 5.91. The Morgan fingerprint density at radius 2 is 1.85 bits per heavy atom. The molecule has 0 unspecified atom stereocenters. The maximum Gasteiger partial charge on any atom is 0.182 e. The van der Waals surface area contributed by atoms with Crippen LogP contribution in [0.4, 0.5) is 0 Å². The summed E-state index contributed by atoms with van der Waals surface area (Å²) in [5, 5.41) is 11.8. The fraction of sp³-hybridized carbons (Fsp3) is 0.467. The van der Waals surface area contributed by atoms with Crippen LogP contribution in [0, 0.1) is 0 Å². The lowest BCUT2D eigenvalue weighted by Gasteiger charge is -2.30. The molecule has 2 aromatic rings. The van der Waals surface area contributed by atoms with E-state index in [2.05, 4.69) is 29.3 Å². The van der Waals surface area contributed by atoms with Crippen LogP contribution in [0.2, 0.25) is 0 Å². The average Bonchev–Trinajstić information content (AvgIpc) is 2.87. The SMILES string of the molecule is CCC(CC)(C(=O)Cc1nnn(C)n1)c1ccccc1. The first-order valence-electron chi connectivity index (χ1n) is 6.94. The first kappa shape index (κ1) is 14.4. The van der Waals surface area contributed by atoms with Crippen LogP contribution < -0.4 is 0 Å². The fourth-order valence-electron chi connectivity index (χ4n) is 2.68. The summed E-state index contributed by atoms with van der Waals surface area (Å²) in [6.07, 6.45) is 1.77. The zero-order valence-electron chi connectivity index (χ0n) is 12.2. The molecule has 0 aliphatic heterocycles. The van der Waals surface area contributed by atoms with Gasteiger partial charge in [0.2, 0.25) is 0 Å². The van der Waals surface area contributed by atoms with Crippen molar-refractivity contribution in [2.75, 3.05) is 0 Å². The number of rotatable bonds is 6. The zero-order chi connectivity index (χ0) is 14.6. The normalized spacial score (nSPS) is 11.6. The van der Waals surface area contributed by atoms with E-state index in [1.165, 1.54) is 4.80 Å². The number of carbonyl (C=O) groups is 1. The lowest BCUT2D eigenvalue weighted by molar-refractivity contribution is -0.124. The Morgan fingerprint density at radius 3 is 2.35 bits per heavy atom. The summed E-state index contributed by atoms with van der Waals surface area (Å²) >= 11 is 0. The molecule has 1 aromatic heterocycles. The topological polar surface area (TPSA) is 60.7 Å². The van der Waals surface area contributed by atoms with E-state index >= 15 is 0 Å². The lowest BCUT2D eigenvalue weighted by Crippen LogP contribution is -2.36. The van der Waals surface area contributed by atoms with Gasteiger partial charge in [0.25, 0.3) is 0 Å². The summed E-state index contributed by atoms with van der Waals surface area (Å²) in [6.45, 7) is 4.11. The molecular weight excluding hydrogens is 252 g/mol. The third-order valence-corrected chi connectivity index (χ3v) is 3.94. The van der Waals surface area contributed by atoms with Crippen molar-refractivity contribution >= 4 is 5.78 Å². The van der Waals surface area contributed by atoms with Crippen molar-refractivity contribution in [3.8, 4) is 0 Å². The largest absolute Gasteiger partial charge is 0.298 e. The highest BCUT2D eigenvalue weighted by atomic mass is 16.1. The molecule has 0 N–H and O–H groups in total. The predicted octanol–water partition coefficient (Wildman–Crippen LogP) is 2.08. The smallest absolute Gasteiger partial charge is 0.182 e. The second-order valence-electron chi connectivity index (χ2n) is 4.95. The Hall–Kier alpha value is -2.04. The Labute approximate surface area is 119 Å². The monoisotopic (exact) mass is 272 g/mol. The van der Waals surface area contributed by atoms with Crippen molar-refractivity contribution < 1.29 is 4.79 Å². The lowest BCUT2D eigenvalue weighted by atomic mass is 9.71. The molecule has 0 spiro atoms. The molecule has 5 heteroatoms. The number of nitrogens with zero attached hydrogens (tertiary/aromatic N) is 4. The molecule has 0 aliphatic carbocycles. The minimum Gasteiger partial charge on any atom is -0.298 e. The van der Waals surface area contributed by atoms with E-state index in [0.717, 1.165) is 18.4 Å². The van der Waals surface area contributed by atoms with Crippen molar-refractivity contribution in [2.45, 2.75) is 38.5 Å². The van der Waals surface area contributed by atoms with E-state index in [0.29, 0.717) is 5.82 Å². The highest BCUT2D eigenvalue weighted by Crippen LogP contribution is 2.33. The van der Waals surface area contributed by atoms with Crippen LogP contribution in [0.1, 0.15) is 38.1 Å². The van der Waals surface area contributed by atoms with E-state index in [9.17, 15) is 4.79 Å². The number of tetrazole rings is 1. The van der Waals surface area contributed by atoms with Crippen LogP contribution >= 0.6 is 0 Å². The molecule has 5 nitrogen and oxygen atoms in total. The third kappa shape index (κ3) is 2.61.